The van der Waals surface area contributed by atoms with Crippen LogP contribution in [0.4, 0.5) is 5.95 Å². The van der Waals surface area contributed by atoms with Gasteiger partial charge >= 0.3 is 6.01 Å². The number of rotatable bonds is 7. The molecule has 1 aliphatic rings. The van der Waals surface area contributed by atoms with Gasteiger partial charge in [0.15, 0.2) is 11.2 Å². The maximum Gasteiger partial charge on any atom is 0.306 e. The average Bonchev–Trinajstić information content (AvgIpc) is 3.21. The molecular weight excluding hydrogens is 492 g/mol. The number of aromatic nitrogens is 4. The highest BCUT2D eigenvalue weighted by atomic mass is 35.5. The first-order chi connectivity index (χ1) is 17.8. The van der Waals surface area contributed by atoms with Crippen LogP contribution in [0.25, 0.3) is 11.2 Å². The van der Waals surface area contributed by atoms with Gasteiger partial charge in [-0.05, 0) is 50.5 Å². The minimum Gasteiger partial charge on any atom is -0.491 e. The molecule has 10 heteroatoms. The van der Waals surface area contributed by atoms with Crippen molar-refractivity contribution in [1.29, 1.82) is 0 Å². The predicted octanol–water partition coefficient (Wildman–Crippen LogP) is 4.34. The van der Waals surface area contributed by atoms with Crippen molar-refractivity contribution in [3.05, 3.63) is 69.5 Å². The third kappa shape index (κ3) is 5.28. The van der Waals surface area contributed by atoms with E-state index in [1.807, 2.05) is 54.8 Å². The Balaban J connectivity index is 1.60. The number of anilines is 1. The van der Waals surface area contributed by atoms with Gasteiger partial charge in [0, 0.05) is 37.3 Å². The molecule has 9 nitrogen and oxygen atoms in total. The lowest BCUT2D eigenvalue weighted by Gasteiger charge is -2.31. The summed E-state index contributed by atoms with van der Waals surface area (Å²) in [6, 6.07) is 15.0. The predicted molar refractivity (Wildman–Crippen MR) is 145 cm³/mol. The first-order valence-electron chi connectivity index (χ1n) is 12.5. The van der Waals surface area contributed by atoms with Crippen LogP contribution >= 0.6 is 11.6 Å². The summed E-state index contributed by atoms with van der Waals surface area (Å²) < 4.78 is 15.1. The number of hydrogen-bond donors (Lipinski definition) is 1. The zero-order chi connectivity index (χ0) is 26.1. The summed E-state index contributed by atoms with van der Waals surface area (Å²) in [6.07, 6.45) is 1.93. The van der Waals surface area contributed by atoms with E-state index in [1.54, 1.807) is 19.2 Å². The van der Waals surface area contributed by atoms with Gasteiger partial charge in [-0.3, -0.25) is 13.9 Å². The highest BCUT2D eigenvalue weighted by molar-refractivity contribution is 6.31. The zero-order valence-corrected chi connectivity index (χ0v) is 22.0. The fourth-order valence-electron chi connectivity index (χ4n) is 4.59. The van der Waals surface area contributed by atoms with E-state index in [1.165, 1.54) is 4.57 Å². The Labute approximate surface area is 220 Å². The van der Waals surface area contributed by atoms with Gasteiger partial charge in [0.1, 0.15) is 11.5 Å². The molecule has 1 fully saturated rings. The number of nitrogens with zero attached hydrogens (tertiary/aromatic N) is 5. The van der Waals surface area contributed by atoms with E-state index in [0.29, 0.717) is 46.7 Å². The Bertz CT molecular complexity index is 1480. The Morgan fingerprint density at radius 1 is 1.14 bits per heavy atom. The molecule has 0 bridgehead atoms. The molecular formula is C27H31ClN6O3. The number of piperidine rings is 1. The van der Waals surface area contributed by atoms with E-state index in [4.69, 9.17) is 31.8 Å². The second-order valence-electron chi connectivity index (χ2n) is 9.61. The van der Waals surface area contributed by atoms with E-state index < -0.39 is 0 Å². The van der Waals surface area contributed by atoms with Crippen molar-refractivity contribution in [2.24, 2.45) is 12.8 Å². The van der Waals surface area contributed by atoms with Gasteiger partial charge in [-0.2, -0.15) is 9.97 Å². The highest BCUT2D eigenvalue weighted by Crippen LogP contribution is 2.29. The largest absolute Gasteiger partial charge is 0.491 e. The minimum atomic E-state index is -0.262. The van der Waals surface area contributed by atoms with Crippen LogP contribution in [-0.2, 0) is 13.6 Å². The standard InChI is InChI=1S/C27H31ClN6O3/c1-17(2)36-20-10-6-11-21(14-20)37-27-31-24-23(25(35)32(27)3)34(15-18-8-4-5-12-22(18)28)26(30-24)33-13-7-9-19(29)16-33/h4-6,8,10-12,14,17,19H,7,9,13,15-16,29H2,1-3H3. The lowest BCUT2D eigenvalue weighted by molar-refractivity contribution is 0.241. The smallest absolute Gasteiger partial charge is 0.306 e. The molecule has 1 saturated heterocycles. The summed E-state index contributed by atoms with van der Waals surface area (Å²) in [5.74, 6) is 1.84. The maximum atomic E-state index is 13.7. The second kappa shape index (κ2) is 10.4. The van der Waals surface area contributed by atoms with Gasteiger partial charge in [-0.15, -0.1) is 0 Å². The lowest BCUT2D eigenvalue weighted by Crippen LogP contribution is -2.44. The molecule has 0 amide bonds. The number of hydrogen-bond acceptors (Lipinski definition) is 7. The van der Waals surface area contributed by atoms with Crippen LogP contribution < -0.4 is 25.7 Å². The normalized spacial score (nSPS) is 15.9. The quantitative estimate of drug-likeness (QED) is 0.385. The van der Waals surface area contributed by atoms with Crippen LogP contribution in [0.5, 0.6) is 17.5 Å². The topological polar surface area (TPSA) is 100 Å². The average molecular weight is 523 g/mol. The molecule has 1 unspecified atom stereocenters. The van der Waals surface area contributed by atoms with Crippen LogP contribution in [0.2, 0.25) is 5.02 Å². The first-order valence-corrected chi connectivity index (χ1v) is 12.8. The first kappa shape index (κ1) is 25.1. The molecule has 0 saturated carbocycles. The molecule has 37 heavy (non-hydrogen) atoms. The van der Waals surface area contributed by atoms with Gasteiger partial charge in [0.2, 0.25) is 5.95 Å². The number of benzene rings is 2. The molecule has 0 spiro atoms. The molecule has 5 rings (SSSR count). The zero-order valence-electron chi connectivity index (χ0n) is 21.2. The monoisotopic (exact) mass is 522 g/mol. The summed E-state index contributed by atoms with van der Waals surface area (Å²) >= 11 is 6.49. The number of halogens is 1. The van der Waals surface area contributed by atoms with Crippen molar-refractivity contribution in [2.75, 3.05) is 18.0 Å². The summed E-state index contributed by atoms with van der Waals surface area (Å²) in [5, 5.41) is 0.624. The van der Waals surface area contributed by atoms with E-state index in [0.717, 1.165) is 24.9 Å². The van der Waals surface area contributed by atoms with Gasteiger partial charge in [0.25, 0.3) is 5.56 Å². The second-order valence-corrected chi connectivity index (χ2v) is 10.0. The molecule has 0 radical (unpaired) electrons. The molecule has 2 N–H and O–H groups in total. The summed E-state index contributed by atoms with van der Waals surface area (Å²) in [7, 11) is 1.64. The lowest BCUT2D eigenvalue weighted by atomic mass is 10.1. The van der Waals surface area contributed by atoms with E-state index in [2.05, 4.69) is 9.88 Å². The fourth-order valence-corrected chi connectivity index (χ4v) is 4.78. The summed E-state index contributed by atoms with van der Waals surface area (Å²) in [5.41, 5.74) is 7.60. The van der Waals surface area contributed by atoms with Gasteiger partial charge in [-0.25, -0.2) is 0 Å². The van der Waals surface area contributed by atoms with Crippen LogP contribution in [-0.4, -0.2) is 44.3 Å². The third-order valence-electron chi connectivity index (χ3n) is 6.34. The molecule has 1 aliphatic heterocycles. The van der Waals surface area contributed by atoms with Crippen molar-refractivity contribution >= 4 is 28.7 Å². The molecule has 1 atom stereocenters. The Kier molecular flexibility index (Phi) is 7.08. The number of nitrogens with two attached hydrogens (primary N) is 1. The number of ether oxygens (including phenoxy) is 2. The molecule has 3 heterocycles. The number of fused-ring (bicyclic) bond motifs is 1. The van der Waals surface area contributed by atoms with Gasteiger partial charge in [0.05, 0.1) is 12.6 Å². The van der Waals surface area contributed by atoms with Crippen molar-refractivity contribution in [2.45, 2.75) is 45.4 Å². The molecule has 2 aromatic carbocycles. The summed E-state index contributed by atoms with van der Waals surface area (Å²) in [4.78, 5) is 25.3. The third-order valence-corrected chi connectivity index (χ3v) is 6.71. The molecule has 194 valence electrons. The van der Waals surface area contributed by atoms with Gasteiger partial charge < -0.3 is 20.1 Å². The summed E-state index contributed by atoms with van der Waals surface area (Å²) in [6.45, 7) is 5.74. The van der Waals surface area contributed by atoms with Crippen LogP contribution in [0, 0.1) is 0 Å². The maximum absolute atomic E-state index is 13.7. The highest BCUT2D eigenvalue weighted by Gasteiger charge is 2.26. The van der Waals surface area contributed by atoms with Crippen molar-refractivity contribution < 1.29 is 9.47 Å². The van der Waals surface area contributed by atoms with Crippen molar-refractivity contribution in [1.82, 2.24) is 19.1 Å². The Hall–Kier alpha value is -3.56. The van der Waals surface area contributed by atoms with E-state index in [-0.39, 0.29) is 23.7 Å². The molecule has 4 aromatic rings. The van der Waals surface area contributed by atoms with Crippen LogP contribution in [0.1, 0.15) is 32.3 Å². The number of imidazole rings is 1. The van der Waals surface area contributed by atoms with Gasteiger partial charge in [-0.1, -0.05) is 35.9 Å². The fraction of sp³-hybridized carbons (Fsp3) is 0.370. The van der Waals surface area contributed by atoms with Crippen molar-refractivity contribution in [3.8, 4) is 17.5 Å². The SMILES string of the molecule is CC(C)Oc1cccc(Oc2nc3nc(N4CCCC(N)C4)n(Cc4ccccc4Cl)c3c(=O)n2C)c1. The van der Waals surface area contributed by atoms with E-state index >= 15 is 0 Å². The van der Waals surface area contributed by atoms with Crippen LogP contribution in [0.3, 0.4) is 0 Å². The molecule has 2 aromatic heterocycles. The minimum absolute atomic E-state index is 0.0255. The van der Waals surface area contributed by atoms with Crippen molar-refractivity contribution in [3.63, 3.8) is 0 Å². The Morgan fingerprint density at radius 3 is 2.68 bits per heavy atom. The van der Waals surface area contributed by atoms with Crippen LogP contribution in [0.15, 0.2) is 53.3 Å². The Morgan fingerprint density at radius 2 is 1.92 bits per heavy atom. The van der Waals surface area contributed by atoms with E-state index in [9.17, 15) is 4.79 Å². The molecule has 0 aliphatic carbocycles.